The molecule has 0 amide bonds. The Labute approximate surface area is 278 Å². The van der Waals surface area contributed by atoms with Crippen LogP contribution in [0.15, 0.2) is 30.3 Å². The van der Waals surface area contributed by atoms with Gasteiger partial charge in [0, 0.05) is 37.4 Å². The maximum absolute atomic E-state index is 13.8. The minimum absolute atomic E-state index is 0.120. The van der Waals surface area contributed by atoms with Crippen molar-refractivity contribution in [3.05, 3.63) is 35.9 Å². The van der Waals surface area contributed by atoms with Gasteiger partial charge in [-0.3, -0.25) is 4.90 Å². The number of aliphatic hydroxyl groups excluding tert-OH is 2. The molecule has 7 fully saturated rings. The maximum Gasteiger partial charge on any atom is 0.0873 e. The lowest BCUT2D eigenvalue weighted by Gasteiger charge is -2.65. The van der Waals surface area contributed by atoms with E-state index in [4.69, 9.17) is 0 Å². The van der Waals surface area contributed by atoms with Crippen LogP contribution in [0.5, 0.6) is 0 Å². The van der Waals surface area contributed by atoms with E-state index >= 15 is 0 Å². The van der Waals surface area contributed by atoms with Gasteiger partial charge in [-0.05, 0) is 147 Å². The van der Waals surface area contributed by atoms with E-state index in [0.29, 0.717) is 53.3 Å². The number of nitrogens with zero attached hydrogens (tertiary/aromatic N) is 1. The van der Waals surface area contributed by atoms with Crippen molar-refractivity contribution in [1.82, 2.24) is 4.90 Å². The third kappa shape index (κ3) is 4.68. The van der Waals surface area contributed by atoms with Crippen LogP contribution >= 0.6 is 0 Å². The highest BCUT2D eigenvalue weighted by Gasteiger charge is 2.68. The molecule has 17 atom stereocenters. The van der Waals surface area contributed by atoms with E-state index in [1.165, 1.54) is 24.8 Å². The summed E-state index contributed by atoms with van der Waals surface area (Å²) in [6, 6.07) is 11.4. The SMILES string of the molecule is C[C@@H]1CC[C@H]2N(C1)C[C@H]1[C@@H]3C[C@@H]4[C@@H](C[C@H](O)[C@@H]5C[C@@H](O)CC[C@]45C)[C@@H]3C[C@H]3C#CC[C@H]4C[C@@H](Cc5ccccc5)C[C@@H](C4)[C@@]2(O)[C@H]13. The zero-order valence-electron chi connectivity index (χ0n) is 28.4. The van der Waals surface area contributed by atoms with Crippen LogP contribution in [-0.2, 0) is 6.42 Å². The molecule has 0 radical (unpaired) electrons. The summed E-state index contributed by atoms with van der Waals surface area (Å²) in [6.45, 7) is 7.20. The highest BCUT2D eigenvalue weighted by atomic mass is 16.3. The van der Waals surface area contributed by atoms with E-state index in [1.54, 1.807) is 0 Å². The number of hydrogen-bond donors (Lipinski definition) is 3. The quantitative estimate of drug-likeness (QED) is 0.326. The molecule has 6 aliphatic carbocycles. The summed E-state index contributed by atoms with van der Waals surface area (Å²) in [4.78, 5) is 2.81. The number of aliphatic hydroxyl groups is 3. The first-order valence-corrected chi connectivity index (χ1v) is 19.6. The fourth-order valence-electron chi connectivity index (χ4n) is 14.7. The minimum Gasteiger partial charge on any atom is -0.393 e. The smallest absolute Gasteiger partial charge is 0.0873 e. The van der Waals surface area contributed by atoms with Crippen LogP contribution in [0.3, 0.4) is 0 Å². The number of piperidine rings is 2. The second-order valence-electron chi connectivity index (χ2n) is 18.6. The van der Waals surface area contributed by atoms with Gasteiger partial charge >= 0.3 is 0 Å². The zero-order chi connectivity index (χ0) is 31.4. The predicted molar refractivity (Wildman–Crippen MR) is 181 cm³/mol. The molecule has 8 aliphatic rings. The molecule has 9 rings (SSSR count). The fourth-order valence-corrected chi connectivity index (χ4v) is 14.7. The van der Waals surface area contributed by atoms with Crippen molar-refractivity contribution in [2.75, 3.05) is 13.1 Å². The van der Waals surface area contributed by atoms with E-state index in [0.717, 1.165) is 77.3 Å². The summed E-state index contributed by atoms with van der Waals surface area (Å²) in [5.74, 6) is 13.7. The molecular weight excluding hydrogens is 566 g/mol. The lowest BCUT2D eigenvalue weighted by molar-refractivity contribution is -0.228. The van der Waals surface area contributed by atoms with Gasteiger partial charge in [0.1, 0.15) is 0 Å². The third-order valence-electron chi connectivity index (χ3n) is 16.4. The van der Waals surface area contributed by atoms with Gasteiger partial charge in [0.25, 0.3) is 0 Å². The lowest BCUT2D eigenvalue weighted by Crippen LogP contribution is -2.72. The maximum atomic E-state index is 13.8. The average Bonchev–Trinajstić information content (AvgIpc) is 3.42. The van der Waals surface area contributed by atoms with Crippen LogP contribution in [0.4, 0.5) is 0 Å². The van der Waals surface area contributed by atoms with E-state index < -0.39 is 5.60 Å². The summed E-state index contributed by atoms with van der Waals surface area (Å²) < 4.78 is 0. The largest absolute Gasteiger partial charge is 0.393 e. The van der Waals surface area contributed by atoms with Crippen LogP contribution < -0.4 is 0 Å². The van der Waals surface area contributed by atoms with E-state index in [-0.39, 0.29) is 41.4 Å². The Morgan fingerprint density at radius 2 is 1.67 bits per heavy atom. The Bertz CT molecular complexity index is 1350. The van der Waals surface area contributed by atoms with Gasteiger partial charge < -0.3 is 15.3 Å². The van der Waals surface area contributed by atoms with Gasteiger partial charge in [-0.15, -0.1) is 5.92 Å². The Morgan fingerprint density at radius 3 is 2.52 bits per heavy atom. The number of benzene rings is 1. The van der Waals surface area contributed by atoms with Crippen molar-refractivity contribution in [3.8, 4) is 11.8 Å². The van der Waals surface area contributed by atoms with Crippen molar-refractivity contribution in [2.45, 2.75) is 121 Å². The van der Waals surface area contributed by atoms with Crippen molar-refractivity contribution < 1.29 is 15.3 Å². The standard InChI is InChI=1S/C42H59NO3/c1-25-11-12-39-42(46)30-17-27(16-28(18-30)15-26-7-4-3-5-8-26)9-6-10-29-19-32-33(35(40(29)42)24-43(39)23-25)21-36-34(32)22-38(45)37-20-31(44)13-14-41(36,37)2/h3-5,7-8,25,27-40,44-46H,9,11-24H2,1-2H3/t25-,27+,28-,29-,30-,31+,32-,33-,34+,35+,36-,37+,38+,39-,40+,41-,42+/m1/s1. The molecule has 3 N–H and O–H groups in total. The Balaban J connectivity index is 1.10. The van der Waals surface area contributed by atoms with Gasteiger partial charge in [0.2, 0.25) is 0 Å². The summed E-state index contributed by atoms with van der Waals surface area (Å²) >= 11 is 0. The molecule has 4 heteroatoms. The highest BCUT2D eigenvalue weighted by Crippen LogP contribution is 2.69. The van der Waals surface area contributed by atoms with Crippen LogP contribution in [0.1, 0.15) is 96.5 Å². The van der Waals surface area contributed by atoms with Crippen molar-refractivity contribution in [3.63, 3.8) is 0 Å². The molecule has 0 aromatic heterocycles. The van der Waals surface area contributed by atoms with Gasteiger partial charge in [0.05, 0.1) is 17.8 Å². The van der Waals surface area contributed by atoms with Crippen LogP contribution in [0.2, 0.25) is 0 Å². The predicted octanol–water partition coefficient (Wildman–Crippen LogP) is 6.57. The first-order valence-electron chi connectivity index (χ1n) is 19.6. The topological polar surface area (TPSA) is 63.9 Å². The Kier molecular flexibility index (Phi) is 7.55. The average molecular weight is 626 g/mol. The first kappa shape index (κ1) is 30.7. The summed E-state index contributed by atoms with van der Waals surface area (Å²) in [5.41, 5.74) is 0.903. The second kappa shape index (κ2) is 11.3. The highest BCUT2D eigenvalue weighted by molar-refractivity contribution is 5.24. The molecule has 4 nitrogen and oxygen atoms in total. The molecule has 2 bridgehead atoms. The number of rotatable bonds is 2. The second-order valence-corrected chi connectivity index (χ2v) is 18.6. The van der Waals surface area contributed by atoms with Gasteiger partial charge in [0.15, 0.2) is 0 Å². The molecular formula is C42H59NO3. The first-order chi connectivity index (χ1) is 22.2. The molecule has 0 unspecified atom stereocenters. The summed E-state index contributed by atoms with van der Waals surface area (Å²) in [5, 5.41) is 36.1. The van der Waals surface area contributed by atoms with Crippen molar-refractivity contribution in [1.29, 1.82) is 0 Å². The molecule has 0 spiro atoms. The number of hydrogen-bond acceptors (Lipinski definition) is 4. The molecule has 1 aromatic carbocycles. The van der Waals surface area contributed by atoms with E-state index in [1.807, 2.05) is 0 Å². The molecule has 1 aromatic rings. The Morgan fingerprint density at radius 1 is 0.848 bits per heavy atom. The molecule has 2 saturated heterocycles. The van der Waals surface area contributed by atoms with Crippen LogP contribution in [0.25, 0.3) is 0 Å². The van der Waals surface area contributed by atoms with Crippen LogP contribution in [0, 0.1) is 88.3 Å². The molecule has 2 aliphatic heterocycles. The normalized spacial score (nSPS) is 54.2. The molecule has 250 valence electrons. The van der Waals surface area contributed by atoms with Gasteiger partial charge in [-0.25, -0.2) is 0 Å². The summed E-state index contributed by atoms with van der Waals surface area (Å²) in [7, 11) is 0. The van der Waals surface area contributed by atoms with E-state index in [9.17, 15) is 15.3 Å². The van der Waals surface area contributed by atoms with E-state index in [2.05, 4.69) is 60.9 Å². The minimum atomic E-state index is -0.667. The zero-order valence-corrected chi connectivity index (χ0v) is 28.4. The summed E-state index contributed by atoms with van der Waals surface area (Å²) in [6.07, 6.45) is 13.5. The monoisotopic (exact) mass is 625 g/mol. The number of fused-ring (bicyclic) bond motifs is 11. The van der Waals surface area contributed by atoms with Crippen molar-refractivity contribution >= 4 is 0 Å². The van der Waals surface area contributed by atoms with Crippen molar-refractivity contribution in [2.24, 2.45) is 76.4 Å². The van der Waals surface area contributed by atoms with Crippen LogP contribution in [-0.4, -0.2) is 57.2 Å². The fraction of sp³-hybridized carbons (Fsp3) is 0.810. The lowest BCUT2D eigenvalue weighted by atomic mass is 9.48. The molecule has 46 heavy (non-hydrogen) atoms. The Hall–Kier alpha value is -1.38. The molecule has 2 heterocycles. The third-order valence-corrected chi connectivity index (χ3v) is 16.4. The molecule has 5 saturated carbocycles. The van der Waals surface area contributed by atoms with Gasteiger partial charge in [-0.1, -0.05) is 50.1 Å². The van der Waals surface area contributed by atoms with Gasteiger partial charge in [-0.2, -0.15) is 0 Å².